The summed E-state index contributed by atoms with van der Waals surface area (Å²) in [4.78, 5) is 2.00. The van der Waals surface area contributed by atoms with Crippen LogP contribution in [0.4, 0.5) is 0 Å². The van der Waals surface area contributed by atoms with Gasteiger partial charge in [-0.05, 0) is 20.9 Å². The van der Waals surface area contributed by atoms with Crippen molar-refractivity contribution < 1.29 is 0 Å². The molecule has 0 radical (unpaired) electrons. The quantitative estimate of drug-likeness (QED) is 0.566. The molecule has 0 N–H and O–H groups in total. The Kier molecular flexibility index (Phi) is 3.65. The molecule has 0 fully saturated rings. The summed E-state index contributed by atoms with van der Waals surface area (Å²) in [5.41, 5.74) is -0.239. The minimum absolute atomic E-state index is 0.239. The van der Waals surface area contributed by atoms with Gasteiger partial charge in [0.2, 0.25) is 0 Å². The van der Waals surface area contributed by atoms with Crippen LogP contribution in [0.15, 0.2) is 0 Å². The summed E-state index contributed by atoms with van der Waals surface area (Å²) >= 11 is 0. The molecule has 0 saturated carbocycles. The van der Waals surface area contributed by atoms with Crippen molar-refractivity contribution in [2.24, 2.45) is 0 Å². The predicted octanol–water partition coefficient (Wildman–Crippen LogP) is 1.24. The summed E-state index contributed by atoms with van der Waals surface area (Å²) in [7, 11) is 1.93. The molecule has 11 heavy (non-hydrogen) atoms. The van der Waals surface area contributed by atoms with Crippen LogP contribution in [0.5, 0.6) is 0 Å². The van der Waals surface area contributed by atoms with E-state index in [-0.39, 0.29) is 5.54 Å². The molecule has 0 atom stereocenters. The Bertz CT molecular complexity index is 193. The van der Waals surface area contributed by atoms with Crippen LogP contribution in [0, 0.1) is 23.7 Å². The maximum atomic E-state index is 8.33. The van der Waals surface area contributed by atoms with Crippen molar-refractivity contribution in [2.75, 3.05) is 13.6 Å². The molecular weight excluding hydrogens is 136 g/mol. The average molecular weight is 150 g/mol. The van der Waals surface area contributed by atoms with Crippen LogP contribution in [-0.2, 0) is 0 Å². The fourth-order valence-electron chi connectivity index (χ4n) is 0.607. The van der Waals surface area contributed by atoms with Gasteiger partial charge in [0, 0.05) is 13.0 Å². The normalized spacial score (nSPS) is 10.7. The van der Waals surface area contributed by atoms with Gasteiger partial charge in [0.25, 0.3) is 0 Å². The third-order valence-corrected chi connectivity index (χ3v) is 1.87. The average Bonchev–Trinajstić information content (AvgIpc) is 2.00. The summed E-state index contributed by atoms with van der Waals surface area (Å²) in [6, 6.07) is 2.08. The van der Waals surface area contributed by atoms with Gasteiger partial charge < -0.3 is 0 Å². The first-order chi connectivity index (χ1) is 5.04. The molecule has 2 heteroatoms. The zero-order valence-corrected chi connectivity index (χ0v) is 7.39. The molecule has 60 valence electrons. The largest absolute Gasteiger partial charge is 0.290 e. The topological polar surface area (TPSA) is 27.0 Å². The van der Waals surface area contributed by atoms with E-state index in [4.69, 9.17) is 11.7 Å². The van der Waals surface area contributed by atoms with Gasteiger partial charge in [-0.1, -0.05) is 5.92 Å². The highest BCUT2D eigenvalue weighted by Gasteiger charge is 2.18. The monoisotopic (exact) mass is 150 g/mol. The summed E-state index contributed by atoms with van der Waals surface area (Å²) in [6.07, 6.45) is 5.83. The van der Waals surface area contributed by atoms with E-state index in [1.807, 2.05) is 25.8 Å². The fraction of sp³-hybridized carbons (Fsp3) is 0.667. The Labute approximate surface area is 68.8 Å². The first-order valence-corrected chi connectivity index (χ1v) is 3.60. The maximum Gasteiger partial charge on any atom is 0.0763 e. The lowest BCUT2D eigenvalue weighted by atomic mass is 10.1. The lowest BCUT2D eigenvalue weighted by Crippen LogP contribution is -2.40. The van der Waals surface area contributed by atoms with Crippen LogP contribution >= 0.6 is 0 Å². The molecular formula is C9H14N2. The molecule has 0 aromatic heterocycles. The first kappa shape index (κ1) is 10.0. The molecule has 2 nitrogen and oxygen atoms in total. The summed E-state index contributed by atoms with van der Waals surface area (Å²) in [6.45, 7) is 4.66. The second kappa shape index (κ2) is 4.01. The van der Waals surface area contributed by atoms with Crippen molar-refractivity contribution >= 4 is 0 Å². The van der Waals surface area contributed by atoms with Gasteiger partial charge in [-0.15, -0.1) is 6.42 Å². The minimum atomic E-state index is -0.239. The first-order valence-electron chi connectivity index (χ1n) is 3.60. The molecule has 0 bridgehead atoms. The van der Waals surface area contributed by atoms with Crippen LogP contribution in [0.3, 0.4) is 0 Å². The van der Waals surface area contributed by atoms with Crippen LogP contribution in [0.25, 0.3) is 0 Å². The Morgan fingerprint density at radius 2 is 2.09 bits per heavy atom. The van der Waals surface area contributed by atoms with Gasteiger partial charge in [0.15, 0.2) is 0 Å². The van der Waals surface area contributed by atoms with E-state index in [1.165, 1.54) is 0 Å². The Morgan fingerprint density at radius 1 is 1.55 bits per heavy atom. The van der Waals surface area contributed by atoms with E-state index in [1.54, 1.807) is 0 Å². The van der Waals surface area contributed by atoms with Crippen LogP contribution < -0.4 is 0 Å². The highest BCUT2D eigenvalue weighted by atomic mass is 15.1. The van der Waals surface area contributed by atoms with E-state index >= 15 is 0 Å². The second-order valence-electron chi connectivity index (χ2n) is 3.03. The molecule has 0 rings (SSSR count). The molecule has 0 aromatic rings. The van der Waals surface area contributed by atoms with Crippen molar-refractivity contribution in [3.8, 4) is 18.4 Å². The molecule has 0 amide bonds. The number of hydrogen-bond donors (Lipinski definition) is 0. The predicted molar refractivity (Wildman–Crippen MR) is 45.8 cm³/mol. The van der Waals surface area contributed by atoms with Gasteiger partial charge in [0.1, 0.15) is 0 Å². The molecule has 0 aliphatic heterocycles. The molecule has 0 heterocycles. The Balaban J connectivity index is 3.96. The van der Waals surface area contributed by atoms with E-state index in [2.05, 4.69) is 12.0 Å². The van der Waals surface area contributed by atoms with Crippen molar-refractivity contribution in [3.63, 3.8) is 0 Å². The number of terminal acetylenes is 1. The van der Waals surface area contributed by atoms with E-state index in [0.29, 0.717) is 6.42 Å². The molecule has 0 unspecified atom stereocenters. The smallest absolute Gasteiger partial charge is 0.0763 e. The van der Waals surface area contributed by atoms with Crippen molar-refractivity contribution in [1.82, 2.24) is 4.90 Å². The zero-order valence-electron chi connectivity index (χ0n) is 7.39. The fourth-order valence-corrected chi connectivity index (χ4v) is 0.607. The van der Waals surface area contributed by atoms with Crippen molar-refractivity contribution in [3.05, 3.63) is 0 Å². The van der Waals surface area contributed by atoms with E-state index < -0.39 is 0 Å². The molecule has 0 aliphatic carbocycles. The maximum absolute atomic E-state index is 8.33. The van der Waals surface area contributed by atoms with Crippen LogP contribution in [-0.4, -0.2) is 24.0 Å². The zero-order chi connectivity index (χ0) is 8.91. The van der Waals surface area contributed by atoms with E-state index in [0.717, 1.165) is 6.54 Å². The highest BCUT2D eigenvalue weighted by molar-refractivity contribution is 5.07. The third-order valence-electron chi connectivity index (χ3n) is 1.87. The van der Waals surface area contributed by atoms with Gasteiger partial charge in [-0.25, -0.2) is 0 Å². The van der Waals surface area contributed by atoms with Gasteiger partial charge >= 0.3 is 0 Å². The molecule has 0 aliphatic rings. The lowest BCUT2D eigenvalue weighted by molar-refractivity contribution is 0.219. The highest BCUT2D eigenvalue weighted by Crippen LogP contribution is 2.09. The lowest BCUT2D eigenvalue weighted by Gasteiger charge is -2.29. The summed E-state index contributed by atoms with van der Waals surface area (Å²) < 4.78 is 0. The standard InChI is InChI=1S/C9H14N2/c1-5-9(2,3)11(4)8-6-7-10/h1H,6,8H2,2-4H3. The van der Waals surface area contributed by atoms with E-state index in [9.17, 15) is 0 Å². The Morgan fingerprint density at radius 3 is 2.45 bits per heavy atom. The third kappa shape index (κ3) is 3.07. The van der Waals surface area contributed by atoms with Gasteiger partial charge in [-0.2, -0.15) is 5.26 Å². The summed E-state index contributed by atoms with van der Waals surface area (Å²) in [5, 5.41) is 8.33. The van der Waals surface area contributed by atoms with Crippen molar-refractivity contribution in [1.29, 1.82) is 5.26 Å². The van der Waals surface area contributed by atoms with Gasteiger partial charge in [0.05, 0.1) is 11.6 Å². The number of rotatable bonds is 3. The Hall–Kier alpha value is -0.990. The molecule has 0 spiro atoms. The SMILES string of the molecule is C#CC(C)(C)N(C)CCC#N. The van der Waals surface area contributed by atoms with Gasteiger partial charge in [-0.3, -0.25) is 4.90 Å². The van der Waals surface area contributed by atoms with Crippen LogP contribution in [0.2, 0.25) is 0 Å². The summed E-state index contributed by atoms with van der Waals surface area (Å²) in [5.74, 6) is 2.67. The number of hydrogen-bond acceptors (Lipinski definition) is 2. The number of nitriles is 1. The second-order valence-corrected chi connectivity index (χ2v) is 3.03. The molecule has 0 saturated heterocycles. The molecule has 0 aromatic carbocycles. The van der Waals surface area contributed by atoms with Crippen molar-refractivity contribution in [2.45, 2.75) is 25.8 Å². The number of nitrogens with zero attached hydrogens (tertiary/aromatic N) is 2. The minimum Gasteiger partial charge on any atom is -0.290 e. The van der Waals surface area contributed by atoms with Crippen LogP contribution in [0.1, 0.15) is 20.3 Å².